The molecule has 2 aromatic heterocycles. The van der Waals surface area contributed by atoms with E-state index in [0.29, 0.717) is 39.3 Å². The van der Waals surface area contributed by atoms with E-state index < -0.39 is 0 Å². The maximum Gasteiger partial charge on any atom is 0.409 e. The number of rotatable bonds is 4. The van der Waals surface area contributed by atoms with Gasteiger partial charge in [0.1, 0.15) is 0 Å². The van der Waals surface area contributed by atoms with Crippen LogP contribution in [0.5, 0.6) is 0 Å². The van der Waals surface area contributed by atoms with Crippen LogP contribution in [0.4, 0.5) is 4.79 Å². The van der Waals surface area contributed by atoms with Crippen LogP contribution in [-0.4, -0.2) is 76.5 Å². The van der Waals surface area contributed by atoms with E-state index in [1.54, 1.807) is 29.0 Å². The van der Waals surface area contributed by atoms with Gasteiger partial charge in [-0.1, -0.05) is 0 Å². The first-order valence-electron chi connectivity index (χ1n) is 9.03. The number of nitrogens with one attached hydrogen (secondary N) is 1. The number of nitrogens with zero attached hydrogens (tertiary/aromatic N) is 6. The highest BCUT2D eigenvalue weighted by Gasteiger charge is 2.23. The molecule has 2 aromatic rings. The third-order valence-corrected chi connectivity index (χ3v) is 4.32. The molecule has 0 unspecified atom stereocenters. The Hall–Kier alpha value is -2.37. The second kappa shape index (κ2) is 10.8. The number of ether oxygens (including phenoxy) is 1. The minimum Gasteiger partial charge on any atom is -0.450 e. The maximum atomic E-state index is 11.8. The lowest BCUT2D eigenvalue weighted by molar-refractivity contribution is 0.0914. The van der Waals surface area contributed by atoms with Gasteiger partial charge < -0.3 is 19.9 Å². The fourth-order valence-electron chi connectivity index (χ4n) is 2.93. The smallest absolute Gasteiger partial charge is 0.409 e. The van der Waals surface area contributed by atoms with E-state index in [-0.39, 0.29) is 30.1 Å². The van der Waals surface area contributed by atoms with Crippen molar-refractivity contribution in [3.63, 3.8) is 0 Å². The summed E-state index contributed by atoms with van der Waals surface area (Å²) in [4.78, 5) is 24.4. The second-order valence-electron chi connectivity index (χ2n) is 6.05. The van der Waals surface area contributed by atoms with Crippen LogP contribution in [0.1, 0.15) is 12.5 Å². The van der Waals surface area contributed by atoms with Crippen LogP contribution in [0, 0.1) is 0 Å². The Labute approximate surface area is 181 Å². The van der Waals surface area contributed by atoms with E-state index in [1.165, 1.54) is 0 Å². The highest BCUT2D eigenvalue weighted by Crippen LogP contribution is 2.08. The molecule has 1 aliphatic rings. The van der Waals surface area contributed by atoms with Crippen molar-refractivity contribution >= 4 is 36.0 Å². The quantitative estimate of drug-likeness (QED) is 0.392. The monoisotopic (exact) mass is 499 g/mol. The highest BCUT2D eigenvalue weighted by molar-refractivity contribution is 14.0. The Kier molecular flexibility index (Phi) is 8.48. The summed E-state index contributed by atoms with van der Waals surface area (Å²) in [7, 11) is 1.77. The van der Waals surface area contributed by atoms with Gasteiger partial charge in [-0.3, -0.25) is 4.99 Å². The molecule has 1 amide bonds. The van der Waals surface area contributed by atoms with Gasteiger partial charge in [0.05, 0.1) is 6.61 Å². The zero-order valence-electron chi connectivity index (χ0n) is 16.1. The van der Waals surface area contributed by atoms with E-state index in [2.05, 4.69) is 25.3 Å². The van der Waals surface area contributed by atoms with Crippen LogP contribution in [-0.2, 0) is 11.3 Å². The summed E-state index contributed by atoms with van der Waals surface area (Å²) in [6.07, 6.45) is 5.11. The predicted molar refractivity (Wildman–Crippen MR) is 117 cm³/mol. The molecule has 0 aliphatic carbocycles. The van der Waals surface area contributed by atoms with E-state index in [4.69, 9.17) is 4.74 Å². The van der Waals surface area contributed by atoms with E-state index in [9.17, 15) is 4.79 Å². The van der Waals surface area contributed by atoms with Crippen molar-refractivity contribution in [2.75, 3.05) is 39.8 Å². The summed E-state index contributed by atoms with van der Waals surface area (Å²) in [5.41, 5.74) is 1.09. The minimum atomic E-state index is -0.247. The number of hydrogen-bond acceptors (Lipinski definition) is 5. The molecule has 28 heavy (non-hydrogen) atoms. The minimum absolute atomic E-state index is 0. The largest absolute Gasteiger partial charge is 0.450 e. The molecule has 1 saturated heterocycles. The molecule has 1 aliphatic heterocycles. The molecule has 3 heterocycles. The van der Waals surface area contributed by atoms with Crippen LogP contribution >= 0.6 is 24.0 Å². The molecule has 0 saturated carbocycles. The van der Waals surface area contributed by atoms with Gasteiger partial charge in [0.2, 0.25) is 0 Å². The fourth-order valence-corrected chi connectivity index (χ4v) is 2.93. The van der Waals surface area contributed by atoms with Crippen molar-refractivity contribution in [3.05, 3.63) is 42.4 Å². The first kappa shape index (κ1) is 21.9. The Balaban J connectivity index is 0.00000280. The van der Waals surface area contributed by atoms with Gasteiger partial charge >= 0.3 is 6.09 Å². The summed E-state index contributed by atoms with van der Waals surface area (Å²) in [6, 6.07) is 5.82. The van der Waals surface area contributed by atoms with E-state index >= 15 is 0 Å². The lowest BCUT2D eigenvalue weighted by Gasteiger charge is -2.35. The van der Waals surface area contributed by atoms with Crippen molar-refractivity contribution in [3.8, 4) is 5.82 Å². The van der Waals surface area contributed by atoms with Crippen LogP contribution < -0.4 is 5.32 Å². The standard InChI is InChI=1S/C18H25N7O2.HI/c1-3-27-18(26)24-11-9-23(10-12-24)17(19-2)21-14-15-5-7-20-16(13-15)25-8-4-6-22-25;/h4-8,13H,3,9-12,14H2,1-2H3,(H,19,21);1H. The summed E-state index contributed by atoms with van der Waals surface area (Å²) in [5, 5.41) is 7.59. The molecule has 3 rings (SSSR count). The first-order valence-corrected chi connectivity index (χ1v) is 9.03. The zero-order valence-corrected chi connectivity index (χ0v) is 18.4. The molecule has 152 valence electrons. The van der Waals surface area contributed by atoms with Crippen molar-refractivity contribution in [2.45, 2.75) is 13.5 Å². The number of halogens is 1. The number of aromatic nitrogens is 3. The molecule has 0 atom stereocenters. The second-order valence-corrected chi connectivity index (χ2v) is 6.05. The van der Waals surface area contributed by atoms with Gasteiger partial charge in [-0.25, -0.2) is 14.5 Å². The van der Waals surface area contributed by atoms with Crippen LogP contribution in [0.15, 0.2) is 41.8 Å². The number of guanidine groups is 1. The molecule has 0 spiro atoms. The van der Waals surface area contributed by atoms with Gasteiger partial charge in [-0.05, 0) is 30.7 Å². The molecule has 10 heteroatoms. The third kappa shape index (κ3) is 5.57. The molecular weight excluding hydrogens is 473 g/mol. The molecule has 0 bridgehead atoms. The molecular formula is C18H26IN7O2. The van der Waals surface area contributed by atoms with Crippen LogP contribution in [0.3, 0.4) is 0 Å². The topological polar surface area (TPSA) is 87.9 Å². The number of carbonyl (C=O) groups is 1. The van der Waals surface area contributed by atoms with E-state index in [1.807, 2.05) is 31.3 Å². The highest BCUT2D eigenvalue weighted by atomic mass is 127. The van der Waals surface area contributed by atoms with Crippen molar-refractivity contribution < 1.29 is 9.53 Å². The normalized spacial score (nSPS) is 14.4. The number of aliphatic imine (C=N–C) groups is 1. The third-order valence-electron chi connectivity index (χ3n) is 4.32. The van der Waals surface area contributed by atoms with Gasteiger partial charge in [-0.2, -0.15) is 5.10 Å². The number of piperazine rings is 1. The van der Waals surface area contributed by atoms with Gasteiger partial charge in [0.15, 0.2) is 11.8 Å². The zero-order chi connectivity index (χ0) is 19.1. The Bertz CT molecular complexity index is 774. The summed E-state index contributed by atoms with van der Waals surface area (Å²) in [5.74, 6) is 1.59. The number of hydrogen-bond donors (Lipinski definition) is 1. The average Bonchev–Trinajstić information content (AvgIpc) is 3.24. The van der Waals surface area contributed by atoms with Crippen molar-refractivity contribution in [1.29, 1.82) is 0 Å². The lowest BCUT2D eigenvalue weighted by Crippen LogP contribution is -2.53. The van der Waals surface area contributed by atoms with Crippen molar-refractivity contribution in [2.24, 2.45) is 4.99 Å². The predicted octanol–water partition coefficient (Wildman–Crippen LogP) is 1.73. The van der Waals surface area contributed by atoms with Crippen LogP contribution in [0.25, 0.3) is 5.82 Å². The molecule has 0 radical (unpaired) electrons. The number of amides is 1. The van der Waals surface area contributed by atoms with Gasteiger partial charge in [-0.15, -0.1) is 24.0 Å². The van der Waals surface area contributed by atoms with Crippen LogP contribution in [0.2, 0.25) is 0 Å². The summed E-state index contributed by atoms with van der Waals surface area (Å²) >= 11 is 0. The molecule has 1 N–H and O–H groups in total. The maximum absolute atomic E-state index is 11.8. The molecule has 1 fully saturated rings. The van der Waals surface area contributed by atoms with Gasteiger partial charge in [0, 0.05) is 58.4 Å². The number of pyridine rings is 1. The SMILES string of the molecule is CCOC(=O)N1CCN(C(=NC)NCc2ccnc(-n3cccn3)c2)CC1.I. The Morgan fingerprint density at radius 1 is 1.25 bits per heavy atom. The molecule has 9 nitrogen and oxygen atoms in total. The summed E-state index contributed by atoms with van der Waals surface area (Å²) < 4.78 is 6.79. The average molecular weight is 499 g/mol. The van der Waals surface area contributed by atoms with E-state index in [0.717, 1.165) is 17.3 Å². The fraction of sp³-hybridized carbons (Fsp3) is 0.444. The Morgan fingerprint density at radius 3 is 2.64 bits per heavy atom. The lowest BCUT2D eigenvalue weighted by atomic mass is 10.2. The summed E-state index contributed by atoms with van der Waals surface area (Å²) in [6.45, 7) is 5.52. The first-order chi connectivity index (χ1) is 13.2. The Morgan fingerprint density at radius 2 is 2.00 bits per heavy atom. The van der Waals surface area contributed by atoms with Gasteiger partial charge in [0.25, 0.3) is 0 Å². The number of carbonyl (C=O) groups excluding carboxylic acids is 1. The molecule has 0 aromatic carbocycles. The van der Waals surface area contributed by atoms with Crippen molar-refractivity contribution in [1.82, 2.24) is 29.9 Å².